The Morgan fingerprint density at radius 2 is 1.77 bits per heavy atom. The molecule has 1 aliphatic rings. The predicted molar refractivity (Wildman–Crippen MR) is 123 cm³/mol. The fourth-order valence-electron chi connectivity index (χ4n) is 4.02. The molecular formula is C24H25ClN2O3S. The number of rotatable bonds is 5. The normalized spacial score (nSPS) is 18.6. The number of halogens is 1. The van der Waals surface area contributed by atoms with Crippen LogP contribution in [-0.4, -0.2) is 31.7 Å². The van der Waals surface area contributed by atoms with E-state index in [0.717, 1.165) is 16.3 Å². The molecule has 1 fully saturated rings. The number of hydrogen-bond donors (Lipinski definition) is 1. The van der Waals surface area contributed by atoms with Crippen LogP contribution in [0.25, 0.3) is 10.8 Å². The second-order valence-corrected chi connectivity index (χ2v) is 10.4. The van der Waals surface area contributed by atoms with E-state index < -0.39 is 10.0 Å². The zero-order chi connectivity index (χ0) is 22.0. The summed E-state index contributed by atoms with van der Waals surface area (Å²) in [6, 6.07) is 20.0. The number of carbonyl (C=O) groups is 1. The van der Waals surface area contributed by atoms with Crippen LogP contribution in [0, 0.1) is 5.92 Å². The summed E-state index contributed by atoms with van der Waals surface area (Å²) >= 11 is 5.94. The van der Waals surface area contributed by atoms with Crippen molar-refractivity contribution in [3.63, 3.8) is 0 Å². The van der Waals surface area contributed by atoms with Crippen molar-refractivity contribution in [2.45, 2.75) is 30.7 Å². The van der Waals surface area contributed by atoms with Crippen molar-refractivity contribution in [2.75, 3.05) is 13.1 Å². The number of hydrogen-bond acceptors (Lipinski definition) is 3. The largest absolute Gasteiger partial charge is 0.349 e. The summed E-state index contributed by atoms with van der Waals surface area (Å²) < 4.78 is 28.0. The summed E-state index contributed by atoms with van der Waals surface area (Å²) in [5.41, 5.74) is 0.953. The van der Waals surface area contributed by atoms with Crippen molar-refractivity contribution < 1.29 is 13.2 Å². The molecule has 162 valence electrons. The molecule has 0 aliphatic carbocycles. The van der Waals surface area contributed by atoms with Gasteiger partial charge < -0.3 is 5.32 Å². The quantitative estimate of drug-likeness (QED) is 0.601. The second-order valence-electron chi connectivity index (χ2n) is 7.99. The van der Waals surface area contributed by atoms with E-state index in [1.807, 2.05) is 49.4 Å². The molecule has 1 N–H and O–H groups in total. The summed E-state index contributed by atoms with van der Waals surface area (Å²) in [6.45, 7) is 2.52. The lowest BCUT2D eigenvalue weighted by Gasteiger charge is -2.32. The van der Waals surface area contributed by atoms with Crippen molar-refractivity contribution in [3.8, 4) is 0 Å². The monoisotopic (exact) mass is 456 g/mol. The number of fused-ring (bicyclic) bond motifs is 1. The third-order valence-electron chi connectivity index (χ3n) is 5.84. The molecule has 1 saturated heterocycles. The van der Waals surface area contributed by atoms with Gasteiger partial charge in [-0.25, -0.2) is 8.42 Å². The molecule has 1 heterocycles. The van der Waals surface area contributed by atoms with Gasteiger partial charge in [0.1, 0.15) is 0 Å². The van der Waals surface area contributed by atoms with Crippen molar-refractivity contribution in [1.29, 1.82) is 0 Å². The van der Waals surface area contributed by atoms with Gasteiger partial charge in [0.2, 0.25) is 15.9 Å². The summed E-state index contributed by atoms with van der Waals surface area (Å²) in [5.74, 6) is -0.500. The Balaban J connectivity index is 1.47. The van der Waals surface area contributed by atoms with Gasteiger partial charge in [-0.2, -0.15) is 4.31 Å². The lowest BCUT2D eigenvalue weighted by molar-refractivity contribution is -0.126. The van der Waals surface area contributed by atoms with Crippen molar-refractivity contribution in [1.82, 2.24) is 9.62 Å². The average Bonchev–Trinajstić information content (AvgIpc) is 2.79. The van der Waals surface area contributed by atoms with Gasteiger partial charge in [-0.15, -0.1) is 0 Å². The van der Waals surface area contributed by atoms with Crippen LogP contribution in [0.3, 0.4) is 0 Å². The van der Waals surface area contributed by atoms with E-state index >= 15 is 0 Å². The van der Waals surface area contributed by atoms with Crippen LogP contribution in [0.2, 0.25) is 5.02 Å². The van der Waals surface area contributed by atoms with Crippen LogP contribution in [0.1, 0.15) is 31.4 Å². The van der Waals surface area contributed by atoms with Gasteiger partial charge in [-0.1, -0.05) is 54.1 Å². The molecule has 7 heteroatoms. The number of nitrogens with zero attached hydrogens (tertiary/aromatic N) is 1. The third kappa shape index (κ3) is 4.76. The molecule has 1 aliphatic heterocycles. The highest BCUT2D eigenvalue weighted by atomic mass is 35.5. The van der Waals surface area contributed by atoms with E-state index in [0.29, 0.717) is 24.4 Å². The lowest BCUT2D eigenvalue weighted by Crippen LogP contribution is -2.45. The topological polar surface area (TPSA) is 66.5 Å². The number of carbonyl (C=O) groups excluding carboxylic acids is 1. The van der Waals surface area contributed by atoms with Gasteiger partial charge >= 0.3 is 0 Å². The van der Waals surface area contributed by atoms with Crippen LogP contribution >= 0.6 is 11.6 Å². The Kier molecular flexibility index (Phi) is 6.32. The van der Waals surface area contributed by atoms with Crippen LogP contribution < -0.4 is 5.32 Å². The summed E-state index contributed by atoms with van der Waals surface area (Å²) in [4.78, 5) is 13.1. The van der Waals surface area contributed by atoms with E-state index in [-0.39, 0.29) is 29.3 Å². The molecule has 3 aromatic rings. The zero-order valence-corrected chi connectivity index (χ0v) is 18.9. The second kappa shape index (κ2) is 8.99. The highest BCUT2D eigenvalue weighted by molar-refractivity contribution is 7.89. The van der Waals surface area contributed by atoms with Crippen LogP contribution in [0.4, 0.5) is 0 Å². The van der Waals surface area contributed by atoms with Crippen LogP contribution in [-0.2, 0) is 14.8 Å². The first-order valence-corrected chi connectivity index (χ1v) is 12.2. The van der Waals surface area contributed by atoms with Crippen LogP contribution in [0.15, 0.2) is 71.6 Å². The van der Waals surface area contributed by atoms with Gasteiger partial charge in [0, 0.05) is 18.1 Å². The molecule has 0 radical (unpaired) electrons. The molecule has 0 saturated carbocycles. The van der Waals surface area contributed by atoms with Crippen molar-refractivity contribution >= 4 is 38.3 Å². The van der Waals surface area contributed by atoms with Crippen LogP contribution in [0.5, 0.6) is 0 Å². The Labute approximate surface area is 188 Å². The van der Waals surface area contributed by atoms with Gasteiger partial charge in [-0.3, -0.25) is 4.79 Å². The number of amides is 1. The van der Waals surface area contributed by atoms with Crippen molar-refractivity contribution in [3.05, 3.63) is 77.3 Å². The molecule has 3 aromatic carbocycles. The summed E-state index contributed by atoms with van der Waals surface area (Å²) in [5, 5.41) is 5.54. The summed E-state index contributed by atoms with van der Waals surface area (Å²) in [6.07, 6.45) is 1.32. The van der Waals surface area contributed by atoms with Gasteiger partial charge in [0.05, 0.1) is 16.9 Å². The number of sulfonamides is 1. The first-order chi connectivity index (χ1) is 14.8. The fourth-order valence-corrected chi connectivity index (χ4v) is 5.70. The molecule has 0 aromatic heterocycles. The van der Waals surface area contributed by atoms with E-state index in [1.165, 1.54) is 4.31 Å². The molecule has 31 heavy (non-hydrogen) atoms. The summed E-state index contributed by atoms with van der Waals surface area (Å²) in [7, 11) is -3.67. The molecule has 1 amide bonds. The minimum absolute atomic E-state index is 0.124. The number of benzene rings is 3. The maximum Gasteiger partial charge on any atom is 0.243 e. The standard InChI is InChI=1S/C24H25ClN2O3S/c1-17(18-8-11-22(25)12-9-18)26-24(28)21-7-4-14-27(16-21)31(29,30)23-13-10-19-5-2-3-6-20(19)15-23/h2-3,5-6,8-13,15,17,21H,4,7,14,16H2,1H3,(H,26,28)/t17-,21-/m0/s1. The Hall–Kier alpha value is -2.41. The molecule has 2 atom stereocenters. The fraction of sp³-hybridized carbons (Fsp3) is 0.292. The minimum Gasteiger partial charge on any atom is -0.349 e. The molecule has 0 unspecified atom stereocenters. The Morgan fingerprint density at radius 1 is 1.06 bits per heavy atom. The highest BCUT2D eigenvalue weighted by Gasteiger charge is 2.33. The third-order valence-corrected chi connectivity index (χ3v) is 7.96. The molecular weight excluding hydrogens is 432 g/mol. The van der Waals surface area contributed by atoms with E-state index in [1.54, 1.807) is 24.3 Å². The first-order valence-electron chi connectivity index (χ1n) is 10.4. The molecule has 0 bridgehead atoms. The lowest BCUT2D eigenvalue weighted by atomic mass is 9.98. The highest BCUT2D eigenvalue weighted by Crippen LogP contribution is 2.27. The Morgan fingerprint density at radius 3 is 2.52 bits per heavy atom. The molecule has 4 rings (SSSR count). The van der Waals surface area contributed by atoms with E-state index in [2.05, 4.69) is 5.32 Å². The van der Waals surface area contributed by atoms with Gasteiger partial charge in [0.25, 0.3) is 0 Å². The average molecular weight is 457 g/mol. The zero-order valence-electron chi connectivity index (χ0n) is 17.3. The predicted octanol–water partition coefficient (Wildman–Crippen LogP) is 4.77. The SMILES string of the molecule is C[C@H](NC(=O)[C@H]1CCCN(S(=O)(=O)c2ccc3ccccc3c2)C1)c1ccc(Cl)cc1. The smallest absolute Gasteiger partial charge is 0.243 e. The van der Waals surface area contributed by atoms with Gasteiger partial charge in [0.15, 0.2) is 0 Å². The first kappa shape index (κ1) is 21.8. The molecule has 5 nitrogen and oxygen atoms in total. The number of piperidine rings is 1. The maximum atomic E-state index is 13.3. The van der Waals surface area contributed by atoms with E-state index in [9.17, 15) is 13.2 Å². The minimum atomic E-state index is -3.67. The van der Waals surface area contributed by atoms with Crippen molar-refractivity contribution in [2.24, 2.45) is 5.92 Å². The Bertz CT molecular complexity index is 1190. The molecule has 0 spiro atoms. The van der Waals surface area contributed by atoms with Gasteiger partial charge in [-0.05, 0) is 60.4 Å². The van der Waals surface area contributed by atoms with E-state index in [4.69, 9.17) is 11.6 Å². The maximum absolute atomic E-state index is 13.3. The number of nitrogens with one attached hydrogen (secondary N) is 1.